The van der Waals surface area contributed by atoms with Gasteiger partial charge in [-0.1, -0.05) is 41.5 Å². The molecule has 92 valence electrons. The second-order valence-corrected chi connectivity index (χ2v) is 6.48. The lowest BCUT2D eigenvalue weighted by atomic mass is 9.87. The molecule has 0 saturated heterocycles. The van der Waals surface area contributed by atoms with Crippen LogP contribution in [-0.4, -0.2) is 25.3 Å². The molecule has 0 amide bonds. The summed E-state index contributed by atoms with van der Waals surface area (Å²) in [7, 11) is 0. The van der Waals surface area contributed by atoms with Gasteiger partial charge in [0.05, 0.1) is 13.2 Å². The van der Waals surface area contributed by atoms with Gasteiger partial charge in [0.1, 0.15) is 0 Å². The zero-order valence-corrected chi connectivity index (χ0v) is 11.1. The van der Waals surface area contributed by atoms with E-state index in [1.165, 1.54) is 0 Å². The molecule has 0 bridgehead atoms. The molecular weight excluding hydrogens is 188 g/mol. The van der Waals surface area contributed by atoms with Gasteiger partial charge in [0.2, 0.25) is 0 Å². The minimum Gasteiger partial charge on any atom is -0.378 e. The monoisotopic (exact) mass is 216 g/mol. The van der Waals surface area contributed by atoms with Crippen LogP contribution in [0.15, 0.2) is 0 Å². The number of rotatable bonds is 4. The van der Waals surface area contributed by atoms with E-state index in [9.17, 15) is 0 Å². The predicted octanol–water partition coefficient (Wildman–Crippen LogP) is 1.75. The highest BCUT2D eigenvalue weighted by Crippen LogP contribution is 2.19. The molecule has 0 aliphatic heterocycles. The summed E-state index contributed by atoms with van der Waals surface area (Å²) in [4.78, 5) is 0. The van der Waals surface area contributed by atoms with E-state index in [4.69, 9.17) is 16.2 Å². The first-order valence-corrected chi connectivity index (χ1v) is 5.64. The first-order chi connectivity index (χ1) is 6.55. The van der Waals surface area contributed by atoms with Gasteiger partial charge < -0.3 is 16.2 Å². The molecule has 0 rings (SSSR count). The molecule has 0 spiro atoms. The molecule has 2 atom stereocenters. The van der Waals surface area contributed by atoms with Gasteiger partial charge in [-0.15, -0.1) is 0 Å². The number of ether oxygens (including phenoxy) is 1. The maximum Gasteiger partial charge on any atom is 0.0623 e. The van der Waals surface area contributed by atoms with Crippen molar-refractivity contribution in [1.82, 2.24) is 0 Å². The first kappa shape index (κ1) is 14.9. The molecule has 4 N–H and O–H groups in total. The molecule has 0 aromatic heterocycles. The van der Waals surface area contributed by atoms with Crippen LogP contribution in [0.3, 0.4) is 0 Å². The summed E-state index contributed by atoms with van der Waals surface area (Å²) in [5.74, 6) is 0. The largest absolute Gasteiger partial charge is 0.378 e. The second kappa shape index (κ2) is 5.28. The maximum absolute atomic E-state index is 5.98. The van der Waals surface area contributed by atoms with Crippen molar-refractivity contribution in [3.8, 4) is 0 Å². The Morgan fingerprint density at radius 1 is 0.800 bits per heavy atom. The standard InChI is InChI=1S/C12H28N2O/c1-11(2,3)9(13)7-15-8-10(14)12(4,5)6/h9-10H,7-8,13-14H2,1-6H3. The lowest BCUT2D eigenvalue weighted by Gasteiger charge is -2.30. The zero-order valence-electron chi connectivity index (χ0n) is 11.1. The van der Waals surface area contributed by atoms with E-state index in [1.54, 1.807) is 0 Å². The van der Waals surface area contributed by atoms with Crippen molar-refractivity contribution >= 4 is 0 Å². The Morgan fingerprint density at radius 3 is 1.27 bits per heavy atom. The Bertz CT molecular complexity index is 159. The van der Waals surface area contributed by atoms with E-state index >= 15 is 0 Å². The van der Waals surface area contributed by atoms with Crippen LogP contribution in [0.5, 0.6) is 0 Å². The Kier molecular flexibility index (Phi) is 5.24. The lowest BCUT2D eigenvalue weighted by Crippen LogP contribution is -2.43. The van der Waals surface area contributed by atoms with E-state index in [0.29, 0.717) is 13.2 Å². The van der Waals surface area contributed by atoms with E-state index in [0.717, 1.165) is 0 Å². The first-order valence-electron chi connectivity index (χ1n) is 5.64. The van der Waals surface area contributed by atoms with E-state index in [-0.39, 0.29) is 22.9 Å². The van der Waals surface area contributed by atoms with Crippen LogP contribution < -0.4 is 11.5 Å². The Labute approximate surface area is 94.5 Å². The van der Waals surface area contributed by atoms with E-state index in [2.05, 4.69) is 41.5 Å². The van der Waals surface area contributed by atoms with Gasteiger partial charge in [-0.05, 0) is 10.8 Å². The minimum atomic E-state index is 0.0599. The molecule has 3 heteroatoms. The third-order valence-electron chi connectivity index (χ3n) is 2.82. The molecule has 0 aromatic rings. The van der Waals surface area contributed by atoms with Crippen molar-refractivity contribution in [2.45, 2.75) is 53.6 Å². The predicted molar refractivity (Wildman–Crippen MR) is 65.7 cm³/mol. The van der Waals surface area contributed by atoms with Gasteiger partial charge >= 0.3 is 0 Å². The molecule has 0 fully saturated rings. The van der Waals surface area contributed by atoms with Gasteiger partial charge in [-0.2, -0.15) is 0 Å². The second-order valence-electron chi connectivity index (χ2n) is 6.48. The fraction of sp³-hybridized carbons (Fsp3) is 1.00. The van der Waals surface area contributed by atoms with Crippen LogP contribution >= 0.6 is 0 Å². The SMILES string of the molecule is CC(C)(C)C(N)COCC(N)C(C)(C)C. The van der Waals surface area contributed by atoms with Crippen LogP contribution in [0.25, 0.3) is 0 Å². The molecule has 0 aromatic carbocycles. The number of nitrogens with two attached hydrogens (primary N) is 2. The van der Waals surface area contributed by atoms with Crippen LogP contribution in [0.1, 0.15) is 41.5 Å². The number of hydrogen-bond acceptors (Lipinski definition) is 3. The molecule has 0 aliphatic rings. The quantitative estimate of drug-likeness (QED) is 0.752. The average Bonchev–Trinajstić information content (AvgIpc) is 2.00. The molecule has 2 unspecified atom stereocenters. The summed E-state index contributed by atoms with van der Waals surface area (Å²) < 4.78 is 5.56. The zero-order chi connectivity index (χ0) is 12.3. The van der Waals surface area contributed by atoms with Crippen molar-refractivity contribution in [3.63, 3.8) is 0 Å². The average molecular weight is 216 g/mol. The summed E-state index contributed by atoms with van der Waals surface area (Å²) >= 11 is 0. The lowest BCUT2D eigenvalue weighted by molar-refractivity contribution is 0.0604. The summed E-state index contributed by atoms with van der Waals surface area (Å²) in [6, 6.07) is 0.120. The summed E-state index contributed by atoms with van der Waals surface area (Å²) in [6.07, 6.45) is 0. The fourth-order valence-corrected chi connectivity index (χ4v) is 0.822. The van der Waals surface area contributed by atoms with Gasteiger partial charge in [-0.25, -0.2) is 0 Å². The van der Waals surface area contributed by atoms with Crippen molar-refractivity contribution in [3.05, 3.63) is 0 Å². The van der Waals surface area contributed by atoms with Gasteiger partial charge in [0.25, 0.3) is 0 Å². The number of hydrogen-bond donors (Lipinski definition) is 2. The highest BCUT2D eigenvalue weighted by atomic mass is 16.5. The van der Waals surface area contributed by atoms with E-state index in [1.807, 2.05) is 0 Å². The van der Waals surface area contributed by atoms with Crippen LogP contribution in [-0.2, 0) is 4.74 Å². The topological polar surface area (TPSA) is 61.3 Å². The molecule has 3 nitrogen and oxygen atoms in total. The summed E-state index contributed by atoms with van der Waals surface area (Å²) in [5, 5.41) is 0. The van der Waals surface area contributed by atoms with Crippen molar-refractivity contribution in [2.24, 2.45) is 22.3 Å². The molecule has 0 saturated carbocycles. The maximum atomic E-state index is 5.98. The van der Waals surface area contributed by atoms with Crippen molar-refractivity contribution in [2.75, 3.05) is 13.2 Å². The summed E-state index contributed by atoms with van der Waals surface area (Å²) in [6.45, 7) is 13.8. The molecular formula is C12H28N2O. The van der Waals surface area contributed by atoms with Crippen LogP contribution in [0.2, 0.25) is 0 Å². The van der Waals surface area contributed by atoms with Crippen molar-refractivity contribution < 1.29 is 4.74 Å². The Balaban J connectivity index is 3.81. The highest BCUT2D eigenvalue weighted by Gasteiger charge is 2.23. The van der Waals surface area contributed by atoms with Crippen LogP contribution in [0.4, 0.5) is 0 Å². The summed E-state index contributed by atoms with van der Waals surface area (Å²) in [5.41, 5.74) is 12.1. The van der Waals surface area contributed by atoms with Crippen molar-refractivity contribution in [1.29, 1.82) is 0 Å². The van der Waals surface area contributed by atoms with Gasteiger partial charge in [0.15, 0.2) is 0 Å². The van der Waals surface area contributed by atoms with Gasteiger partial charge in [-0.3, -0.25) is 0 Å². The smallest absolute Gasteiger partial charge is 0.0623 e. The van der Waals surface area contributed by atoms with Gasteiger partial charge in [0, 0.05) is 12.1 Å². The third-order valence-corrected chi connectivity index (χ3v) is 2.82. The molecule has 0 radical (unpaired) electrons. The highest BCUT2D eigenvalue weighted by molar-refractivity contribution is 4.79. The molecule has 0 heterocycles. The normalized spacial score (nSPS) is 17.6. The minimum absolute atomic E-state index is 0.0599. The molecule has 0 aliphatic carbocycles. The van der Waals surface area contributed by atoms with E-state index < -0.39 is 0 Å². The molecule has 15 heavy (non-hydrogen) atoms. The third kappa shape index (κ3) is 6.13. The Morgan fingerprint density at radius 2 is 1.07 bits per heavy atom. The Hall–Kier alpha value is -0.120. The van der Waals surface area contributed by atoms with Crippen LogP contribution in [0, 0.1) is 10.8 Å². The fourth-order valence-electron chi connectivity index (χ4n) is 0.822.